The van der Waals surface area contributed by atoms with E-state index in [2.05, 4.69) is 52.9 Å². The lowest BCUT2D eigenvalue weighted by molar-refractivity contribution is -0.155. The molecule has 7 nitrogen and oxygen atoms in total. The summed E-state index contributed by atoms with van der Waals surface area (Å²) in [6.45, 7) is 11.8. The summed E-state index contributed by atoms with van der Waals surface area (Å²) in [5.74, 6) is 1.13. The molecule has 3 heterocycles. The van der Waals surface area contributed by atoms with Crippen LogP contribution in [-0.2, 0) is 16.0 Å². The second-order valence-corrected chi connectivity index (χ2v) is 11.1. The van der Waals surface area contributed by atoms with E-state index >= 15 is 0 Å². The zero-order valence-electron chi connectivity index (χ0n) is 21.3. The molecule has 0 unspecified atom stereocenters. The minimum Gasteiger partial charge on any atom is -0.460 e. The first-order valence-electron chi connectivity index (χ1n) is 11.9. The summed E-state index contributed by atoms with van der Waals surface area (Å²) in [6.07, 6.45) is 5.46. The lowest BCUT2D eigenvalue weighted by Crippen LogP contribution is -2.25. The molecule has 2 aromatic heterocycles. The van der Waals surface area contributed by atoms with Crippen molar-refractivity contribution in [3.8, 4) is 5.00 Å². The van der Waals surface area contributed by atoms with E-state index in [1.54, 1.807) is 17.5 Å². The quantitative estimate of drug-likeness (QED) is 0.473. The lowest BCUT2D eigenvalue weighted by atomic mass is 9.98. The van der Waals surface area contributed by atoms with Crippen LogP contribution in [0.15, 0.2) is 41.5 Å². The topological polar surface area (TPSA) is 95.4 Å². The molecule has 1 aliphatic heterocycles. The number of hydrogen-bond acceptors (Lipinski definition) is 7. The number of thiophene rings is 1. The van der Waals surface area contributed by atoms with Crippen LogP contribution in [0.1, 0.15) is 78.4 Å². The largest absolute Gasteiger partial charge is 0.460 e. The Morgan fingerprint density at radius 2 is 1.89 bits per heavy atom. The van der Waals surface area contributed by atoms with Gasteiger partial charge in [-0.2, -0.15) is 0 Å². The van der Waals surface area contributed by atoms with Gasteiger partial charge < -0.3 is 10.5 Å². The summed E-state index contributed by atoms with van der Waals surface area (Å²) in [6, 6.07) is 7.99. The van der Waals surface area contributed by atoms with Crippen molar-refractivity contribution in [2.24, 2.45) is 10.7 Å². The van der Waals surface area contributed by atoms with Crippen molar-refractivity contribution in [1.82, 2.24) is 14.8 Å². The summed E-state index contributed by atoms with van der Waals surface area (Å²) in [5, 5.41) is 9.84. The number of esters is 1. The Hall–Kier alpha value is -3.26. The fourth-order valence-electron chi connectivity index (χ4n) is 4.24. The summed E-state index contributed by atoms with van der Waals surface area (Å²) in [5.41, 5.74) is 10.3. The molecule has 1 atom stereocenters. The zero-order valence-corrected chi connectivity index (χ0v) is 22.1. The smallest absolute Gasteiger partial charge is 0.308 e. The minimum absolute atomic E-state index is 0.0926. The molecule has 4 rings (SSSR count). The predicted molar refractivity (Wildman–Crippen MR) is 140 cm³/mol. The maximum Gasteiger partial charge on any atom is 0.308 e. The Kier molecular flexibility index (Phi) is 6.94. The molecule has 8 heteroatoms. The molecule has 0 aliphatic carbocycles. The molecule has 35 heavy (non-hydrogen) atoms. The van der Waals surface area contributed by atoms with Gasteiger partial charge in [0.05, 0.1) is 12.1 Å². The highest BCUT2D eigenvalue weighted by atomic mass is 32.1. The number of benzene rings is 1. The highest BCUT2D eigenvalue weighted by Crippen LogP contribution is 2.39. The van der Waals surface area contributed by atoms with Gasteiger partial charge in [0, 0.05) is 16.0 Å². The molecular formula is C27H33N5O2S. The van der Waals surface area contributed by atoms with E-state index < -0.39 is 11.6 Å². The van der Waals surface area contributed by atoms with Crippen molar-refractivity contribution >= 4 is 23.0 Å². The van der Waals surface area contributed by atoms with E-state index in [9.17, 15) is 4.79 Å². The number of nitrogens with zero attached hydrogens (tertiary/aromatic N) is 4. The van der Waals surface area contributed by atoms with Crippen LogP contribution < -0.4 is 5.73 Å². The lowest BCUT2D eigenvalue weighted by Gasteiger charge is -2.21. The van der Waals surface area contributed by atoms with Crippen LogP contribution >= 0.6 is 11.3 Å². The van der Waals surface area contributed by atoms with Crippen molar-refractivity contribution in [1.29, 1.82) is 0 Å². The predicted octanol–water partition coefficient (Wildman–Crippen LogP) is 5.28. The van der Waals surface area contributed by atoms with Gasteiger partial charge in [0.25, 0.3) is 0 Å². The number of fused-ring (bicyclic) bond motifs is 3. The highest BCUT2D eigenvalue weighted by molar-refractivity contribution is 7.15. The Morgan fingerprint density at radius 3 is 2.54 bits per heavy atom. The van der Waals surface area contributed by atoms with Gasteiger partial charge in [0.15, 0.2) is 5.82 Å². The number of aromatic nitrogens is 3. The number of carbonyl (C=O) groups excluding carboxylic acids is 1. The van der Waals surface area contributed by atoms with Crippen LogP contribution in [0, 0.1) is 20.8 Å². The molecule has 184 valence electrons. The standard InChI is InChI=1S/C27H33N5O2S/c1-16-17(2)35-26-23(16)24(20-12-10-19(11-13-20)9-7-8-14-28)29-21(15-22(33)34-27(4,5)6)25-31-30-18(3)32(25)26/h8,10-14,21H,7,9,15,28H2,1-6H3/b14-8-/t21-/m1/s1. The van der Waals surface area contributed by atoms with Gasteiger partial charge in [-0.1, -0.05) is 30.3 Å². The van der Waals surface area contributed by atoms with Gasteiger partial charge in [0.2, 0.25) is 0 Å². The number of aryl methyl sites for hydroxylation is 3. The first kappa shape index (κ1) is 24.9. The van der Waals surface area contributed by atoms with Gasteiger partial charge in [-0.3, -0.25) is 14.4 Å². The average Bonchev–Trinajstić information content (AvgIpc) is 3.25. The minimum atomic E-state index is -0.570. The molecule has 0 amide bonds. The Bertz CT molecular complexity index is 1290. The van der Waals surface area contributed by atoms with Crippen LogP contribution in [0.2, 0.25) is 0 Å². The molecule has 0 saturated carbocycles. The molecule has 0 radical (unpaired) electrons. The zero-order chi connectivity index (χ0) is 25.3. The van der Waals surface area contributed by atoms with Crippen molar-refractivity contribution < 1.29 is 9.53 Å². The molecule has 2 N–H and O–H groups in total. The van der Waals surface area contributed by atoms with Crippen LogP contribution in [0.3, 0.4) is 0 Å². The normalized spacial score (nSPS) is 15.5. The number of rotatable bonds is 6. The fourth-order valence-corrected chi connectivity index (χ4v) is 5.46. The monoisotopic (exact) mass is 491 g/mol. The number of ether oxygens (including phenoxy) is 1. The maximum absolute atomic E-state index is 12.8. The number of carbonyl (C=O) groups is 1. The summed E-state index contributed by atoms with van der Waals surface area (Å²) in [7, 11) is 0. The third-order valence-corrected chi connectivity index (χ3v) is 7.18. The van der Waals surface area contributed by atoms with Gasteiger partial charge in [-0.25, -0.2) is 0 Å². The van der Waals surface area contributed by atoms with Crippen LogP contribution in [-0.4, -0.2) is 32.0 Å². The van der Waals surface area contributed by atoms with Crippen molar-refractivity contribution in [3.63, 3.8) is 0 Å². The molecule has 0 bridgehead atoms. The van der Waals surface area contributed by atoms with Crippen LogP contribution in [0.25, 0.3) is 5.00 Å². The third kappa shape index (κ3) is 5.22. The molecule has 1 aliphatic rings. The van der Waals surface area contributed by atoms with Gasteiger partial charge >= 0.3 is 5.97 Å². The SMILES string of the molecule is Cc1sc2c(c1C)C(c1ccc(CC/C=C\N)cc1)=N[C@H](CC(=O)OC(C)(C)C)c1nnc(C)n1-2. The highest BCUT2D eigenvalue weighted by Gasteiger charge is 2.33. The fraction of sp³-hybridized carbons (Fsp3) is 0.407. The Balaban J connectivity index is 1.82. The van der Waals surface area contributed by atoms with Crippen molar-refractivity contribution in [3.05, 3.63) is 75.3 Å². The Morgan fingerprint density at radius 1 is 1.17 bits per heavy atom. The van der Waals surface area contributed by atoms with E-state index in [-0.39, 0.29) is 12.4 Å². The first-order valence-corrected chi connectivity index (χ1v) is 12.7. The number of nitrogens with two attached hydrogens (primary N) is 1. The number of allylic oxidation sites excluding steroid dienone is 1. The van der Waals surface area contributed by atoms with Crippen LogP contribution in [0.5, 0.6) is 0 Å². The van der Waals surface area contributed by atoms with Crippen molar-refractivity contribution in [2.75, 3.05) is 0 Å². The van der Waals surface area contributed by atoms with E-state index in [1.807, 2.05) is 33.8 Å². The number of hydrogen-bond donors (Lipinski definition) is 1. The second-order valence-electron chi connectivity index (χ2n) is 9.85. The van der Waals surface area contributed by atoms with Crippen molar-refractivity contribution in [2.45, 2.75) is 72.4 Å². The molecule has 0 fully saturated rings. The average molecular weight is 492 g/mol. The molecule has 0 saturated heterocycles. The van der Waals surface area contributed by atoms with E-state index in [0.29, 0.717) is 5.82 Å². The van der Waals surface area contributed by atoms with Gasteiger partial charge in [-0.15, -0.1) is 21.5 Å². The third-order valence-electron chi connectivity index (χ3n) is 5.98. The van der Waals surface area contributed by atoms with E-state index in [4.69, 9.17) is 15.5 Å². The Labute approximate surface area is 210 Å². The van der Waals surface area contributed by atoms with E-state index in [0.717, 1.165) is 40.5 Å². The van der Waals surface area contributed by atoms with Gasteiger partial charge in [-0.05, 0) is 71.7 Å². The summed E-state index contributed by atoms with van der Waals surface area (Å²) >= 11 is 1.70. The molecular weight excluding hydrogens is 458 g/mol. The molecule has 3 aromatic rings. The summed E-state index contributed by atoms with van der Waals surface area (Å²) < 4.78 is 7.69. The van der Waals surface area contributed by atoms with E-state index in [1.165, 1.54) is 16.0 Å². The van der Waals surface area contributed by atoms with Gasteiger partial charge in [0.1, 0.15) is 22.5 Å². The maximum atomic E-state index is 12.8. The molecule has 0 spiro atoms. The second kappa shape index (κ2) is 9.77. The first-order chi connectivity index (χ1) is 16.6. The summed E-state index contributed by atoms with van der Waals surface area (Å²) in [4.78, 5) is 19.2. The number of aliphatic imine (C=N–C) groups is 1. The molecule has 1 aromatic carbocycles. The van der Waals surface area contributed by atoms with Crippen LogP contribution in [0.4, 0.5) is 0 Å².